The first kappa shape index (κ1) is 15.3. The van der Waals surface area contributed by atoms with Crippen LogP contribution in [0.3, 0.4) is 0 Å². The van der Waals surface area contributed by atoms with E-state index in [0.717, 1.165) is 24.3 Å². The number of nitrogens with zero attached hydrogens (tertiary/aromatic N) is 1. The number of rotatable bonds is 6. The van der Waals surface area contributed by atoms with Gasteiger partial charge in [-0.15, -0.1) is 11.3 Å². The lowest BCUT2D eigenvalue weighted by Gasteiger charge is -2.19. The van der Waals surface area contributed by atoms with Crippen molar-refractivity contribution in [1.82, 2.24) is 0 Å². The number of amides is 2. The Morgan fingerprint density at radius 2 is 1.84 bits per heavy atom. The Morgan fingerprint density at radius 3 is 2.26 bits per heavy atom. The lowest BCUT2D eigenvalue weighted by atomic mass is 10.1. The van der Waals surface area contributed by atoms with Gasteiger partial charge < -0.3 is 22.1 Å². The number of primary amides is 2. The van der Waals surface area contributed by atoms with E-state index in [2.05, 4.69) is 13.8 Å². The molecule has 0 saturated heterocycles. The van der Waals surface area contributed by atoms with Crippen LogP contribution in [0.4, 0.5) is 10.7 Å². The van der Waals surface area contributed by atoms with Crippen LogP contribution in [0.1, 0.15) is 40.3 Å². The number of hydrogen-bond acceptors (Lipinski definition) is 5. The molecule has 2 amide bonds. The molecule has 0 aliphatic carbocycles. The number of carbonyl (C=O) groups excluding carboxylic acids is 2. The number of anilines is 2. The van der Waals surface area contributed by atoms with E-state index in [9.17, 15) is 9.59 Å². The molecule has 7 heteroatoms. The maximum atomic E-state index is 11.5. The average Bonchev–Trinajstić information content (AvgIpc) is 2.63. The summed E-state index contributed by atoms with van der Waals surface area (Å²) in [5.74, 6) is -0.756. The van der Waals surface area contributed by atoms with E-state index < -0.39 is 11.8 Å². The quantitative estimate of drug-likeness (QED) is 0.723. The van der Waals surface area contributed by atoms with E-state index in [1.165, 1.54) is 0 Å². The van der Waals surface area contributed by atoms with Crippen molar-refractivity contribution in [2.24, 2.45) is 17.4 Å². The van der Waals surface area contributed by atoms with Gasteiger partial charge in [-0.3, -0.25) is 9.59 Å². The Morgan fingerprint density at radius 1 is 1.26 bits per heavy atom. The largest absolute Gasteiger partial charge is 0.397 e. The topological polar surface area (TPSA) is 115 Å². The molecule has 6 N–H and O–H groups in total. The van der Waals surface area contributed by atoms with E-state index >= 15 is 0 Å². The highest BCUT2D eigenvalue weighted by molar-refractivity contribution is 7.19. The predicted octanol–water partition coefficient (Wildman–Crippen LogP) is 1.01. The molecule has 0 spiro atoms. The highest BCUT2D eigenvalue weighted by Crippen LogP contribution is 2.37. The summed E-state index contributed by atoms with van der Waals surface area (Å²) in [4.78, 5) is 24.8. The third kappa shape index (κ3) is 3.37. The summed E-state index contributed by atoms with van der Waals surface area (Å²) in [6, 6.07) is 0. The highest BCUT2D eigenvalue weighted by Gasteiger charge is 2.24. The first-order chi connectivity index (χ1) is 8.75. The fourth-order valence-electron chi connectivity index (χ4n) is 1.67. The molecule has 1 rings (SSSR count). The van der Waals surface area contributed by atoms with E-state index in [4.69, 9.17) is 17.2 Å². The van der Waals surface area contributed by atoms with Crippen molar-refractivity contribution < 1.29 is 9.59 Å². The lowest BCUT2D eigenvalue weighted by Crippen LogP contribution is -2.23. The summed E-state index contributed by atoms with van der Waals surface area (Å²) >= 11 is 1.11. The van der Waals surface area contributed by atoms with Crippen LogP contribution in [0.5, 0.6) is 0 Å². The fraction of sp³-hybridized carbons (Fsp3) is 0.500. The first-order valence-electron chi connectivity index (χ1n) is 5.98. The maximum absolute atomic E-state index is 11.5. The first-order valence-corrected chi connectivity index (χ1v) is 6.80. The summed E-state index contributed by atoms with van der Waals surface area (Å²) < 4.78 is 0. The summed E-state index contributed by atoms with van der Waals surface area (Å²) in [5.41, 5.74) is 16.6. The van der Waals surface area contributed by atoms with Gasteiger partial charge in [-0.25, -0.2) is 0 Å². The summed E-state index contributed by atoms with van der Waals surface area (Å²) in [6.07, 6.45) is 0.957. The normalized spacial score (nSPS) is 10.7. The SMILES string of the molecule is CC(C)CCN(C)c1sc(C(N)=O)c(N)c1C(N)=O. The Balaban J connectivity index is 3.15. The third-order valence-electron chi connectivity index (χ3n) is 2.79. The Bertz CT molecular complexity index is 496. The summed E-state index contributed by atoms with van der Waals surface area (Å²) in [6.45, 7) is 4.97. The van der Waals surface area contributed by atoms with Gasteiger partial charge in [-0.1, -0.05) is 13.8 Å². The van der Waals surface area contributed by atoms with Gasteiger partial charge in [0, 0.05) is 13.6 Å². The van der Waals surface area contributed by atoms with Crippen molar-refractivity contribution in [1.29, 1.82) is 0 Å². The second-order valence-corrected chi connectivity index (χ2v) is 5.86. The van der Waals surface area contributed by atoms with Gasteiger partial charge in [0.2, 0.25) is 0 Å². The van der Waals surface area contributed by atoms with Crippen LogP contribution in [0.25, 0.3) is 0 Å². The molecule has 0 unspecified atom stereocenters. The van der Waals surface area contributed by atoms with Gasteiger partial charge >= 0.3 is 0 Å². The molecule has 6 nitrogen and oxygen atoms in total. The molecule has 0 bridgehead atoms. The molecule has 0 fully saturated rings. The minimum absolute atomic E-state index is 0.0800. The second-order valence-electron chi connectivity index (χ2n) is 4.86. The molecule has 1 aromatic rings. The van der Waals surface area contributed by atoms with Crippen molar-refractivity contribution in [3.05, 3.63) is 10.4 Å². The van der Waals surface area contributed by atoms with Gasteiger partial charge in [-0.05, 0) is 12.3 Å². The van der Waals surface area contributed by atoms with Crippen LogP contribution in [0.15, 0.2) is 0 Å². The highest BCUT2D eigenvalue weighted by atomic mass is 32.1. The van der Waals surface area contributed by atoms with Gasteiger partial charge in [0.1, 0.15) is 9.88 Å². The molecule has 0 saturated carbocycles. The molecular formula is C12H20N4O2S. The second kappa shape index (κ2) is 5.92. The van der Waals surface area contributed by atoms with Gasteiger partial charge in [0.15, 0.2) is 0 Å². The third-order valence-corrected chi connectivity index (χ3v) is 4.12. The Kier molecular flexibility index (Phi) is 4.77. The van der Waals surface area contributed by atoms with Crippen LogP contribution in [-0.4, -0.2) is 25.4 Å². The zero-order chi connectivity index (χ0) is 14.7. The molecule has 0 radical (unpaired) electrons. The minimum Gasteiger partial charge on any atom is -0.397 e. The number of nitrogens with two attached hydrogens (primary N) is 3. The van der Waals surface area contributed by atoms with Gasteiger partial charge in [-0.2, -0.15) is 0 Å². The van der Waals surface area contributed by atoms with E-state index in [-0.39, 0.29) is 16.1 Å². The molecule has 0 atom stereocenters. The molecule has 1 aromatic heterocycles. The molecule has 106 valence electrons. The van der Waals surface area contributed by atoms with Crippen molar-refractivity contribution in [2.75, 3.05) is 24.2 Å². The van der Waals surface area contributed by atoms with Crippen LogP contribution in [0, 0.1) is 5.92 Å². The standard InChI is InChI=1S/C12H20N4O2S/c1-6(2)4-5-16(3)12-7(10(14)17)8(13)9(19-12)11(15)18/h6H,4-5,13H2,1-3H3,(H2,14,17)(H2,15,18). The number of hydrogen-bond donors (Lipinski definition) is 3. The van der Waals surface area contributed by atoms with E-state index in [1.54, 1.807) is 0 Å². The zero-order valence-corrected chi connectivity index (χ0v) is 12.2. The van der Waals surface area contributed by atoms with Crippen molar-refractivity contribution in [3.63, 3.8) is 0 Å². The average molecular weight is 284 g/mol. The lowest BCUT2D eigenvalue weighted by molar-refractivity contribution is 0.0999. The van der Waals surface area contributed by atoms with Crippen molar-refractivity contribution in [2.45, 2.75) is 20.3 Å². The van der Waals surface area contributed by atoms with E-state index in [0.29, 0.717) is 10.9 Å². The monoisotopic (exact) mass is 284 g/mol. The van der Waals surface area contributed by atoms with Crippen LogP contribution >= 0.6 is 11.3 Å². The van der Waals surface area contributed by atoms with Crippen molar-refractivity contribution in [3.8, 4) is 0 Å². The molecule has 0 aromatic carbocycles. The summed E-state index contributed by atoms with van der Waals surface area (Å²) in [7, 11) is 1.84. The molecule has 0 aliphatic rings. The molecule has 1 heterocycles. The number of thiophene rings is 1. The van der Waals surface area contributed by atoms with Crippen LogP contribution in [0.2, 0.25) is 0 Å². The minimum atomic E-state index is -0.646. The number of carbonyl (C=O) groups is 2. The predicted molar refractivity (Wildman–Crippen MR) is 78.5 cm³/mol. The van der Waals surface area contributed by atoms with E-state index in [1.807, 2.05) is 11.9 Å². The maximum Gasteiger partial charge on any atom is 0.260 e. The smallest absolute Gasteiger partial charge is 0.260 e. The Hall–Kier alpha value is -1.76. The zero-order valence-electron chi connectivity index (χ0n) is 11.4. The van der Waals surface area contributed by atoms with Crippen LogP contribution < -0.4 is 22.1 Å². The van der Waals surface area contributed by atoms with Gasteiger partial charge in [0.05, 0.1) is 11.3 Å². The van der Waals surface area contributed by atoms with Gasteiger partial charge in [0.25, 0.3) is 11.8 Å². The number of nitrogen functional groups attached to an aromatic ring is 1. The Labute approximate surface area is 116 Å². The molecular weight excluding hydrogens is 264 g/mol. The van der Waals surface area contributed by atoms with Crippen LogP contribution in [-0.2, 0) is 0 Å². The summed E-state index contributed by atoms with van der Waals surface area (Å²) in [5, 5.41) is 0.597. The molecule has 19 heavy (non-hydrogen) atoms. The fourth-order valence-corrected chi connectivity index (χ4v) is 2.74. The molecule has 0 aliphatic heterocycles. The van der Waals surface area contributed by atoms with Crippen molar-refractivity contribution >= 4 is 33.8 Å².